The average molecular weight is 249 g/mol. The Labute approximate surface area is 104 Å². The minimum Gasteiger partial charge on any atom is -0.348 e. The van der Waals surface area contributed by atoms with E-state index in [1.54, 1.807) is 11.3 Å². The number of amides is 1. The number of thiazole rings is 1. The van der Waals surface area contributed by atoms with Crippen LogP contribution in [-0.2, 0) is 11.3 Å². The van der Waals surface area contributed by atoms with Crippen molar-refractivity contribution in [1.82, 2.24) is 15.6 Å². The van der Waals surface area contributed by atoms with Crippen molar-refractivity contribution in [3.8, 4) is 0 Å². The fourth-order valence-corrected chi connectivity index (χ4v) is 2.38. The number of nitrogens with one attached hydrogen (secondary N) is 2. The van der Waals surface area contributed by atoms with Crippen LogP contribution in [0.2, 0.25) is 0 Å². The lowest BCUT2D eigenvalue weighted by molar-refractivity contribution is -0.120. The van der Waals surface area contributed by atoms with Crippen LogP contribution in [0.15, 0.2) is 24.3 Å². The van der Waals surface area contributed by atoms with Gasteiger partial charge in [-0.3, -0.25) is 4.79 Å². The summed E-state index contributed by atoms with van der Waals surface area (Å²) in [5.74, 6) is 0.00565. The number of fused-ring (bicyclic) bond motifs is 1. The minimum atomic E-state index is 0.00565. The molecule has 0 saturated heterocycles. The van der Waals surface area contributed by atoms with Gasteiger partial charge in [-0.05, 0) is 18.7 Å². The molecule has 0 atom stereocenters. The highest BCUT2D eigenvalue weighted by Gasteiger charge is 2.04. The molecule has 1 aromatic heterocycles. The summed E-state index contributed by atoms with van der Waals surface area (Å²) < 4.78 is 1.16. The summed E-state index contributed by atoms with van der Waals surface area (Å²) in [5, 5.41) is 6.76. The first-order chi connectivity index (χ1) is 8.29. The molecule has 2 rings (SSSR count). The molecular formula is C12H15N3OS. The van der Waals surface area contributed by atoms with Crippen molar-refractivity contribution in [2.75, 3.05) is 13.1 Å². The number of likely N-dealkylation sites (N-methyl/N-ethyl adjacent to an activating group) is 1. The van der Waals surface area contributed by atoms with Gasteiger partial charge in [0.1, 0.15) is 5.01 Å². The number of benzene rings is 1. The van der Waals surface area contributed by atoms with E-state index in [4.69, 9.17) is 0 Å². The van der Waals surface area contributed by atoms with E-state index >= 15 is 0 Å². The molecule has 90 valence electrons. The minimum absolute atomic E-state index is 0.00565. The van der Waals surface area contributed by atoms with Crippen molar-refractivity contribution in [2.24, 2.45) is 0 Å². The van der Waals surface area contributed by atoms with E-state index in [1.165, 1.54) is 0 Å². The van der Waals surface area contributed by atoms with Gasteiger partial charge < -0.3 is 10.6 Å². The smallest absolute Gasteiger partial charge is 0.234 e. The summed E-state index contributed by atoms with van der Waals surface area (Å²) in [4.78, 5) is 15.8. The van der Waals surface area contributed by atoms with Crippen LogP contribution in [0.5, 0.6) is 0 Å². The number of hydrogen-bond donors (Lipinski definition) is 2. The Bertz CT molecular complexity index is 476. The highest BCUT2D eigenvalue weighted by molar-refractivity contribution is 7.18. The monoisotopic (exact) mass is 249 g/mol. The SMILES string of the molecule is CCNCC(=O)NCc1nc2ccccc2s1. The predicted octanol–water partition coefficient (Wildman–Crippen LogP) is 1.52. The molecule has 2 N–H and O–H groups in total. The van der Waals surface area contributed by atoms with E-state index in [9.17, 15) is 4.79 Å². The van der Waals surface area contributed by atoms with Crippen LogP contribution in [0.4, 0.5) is 0 Å². The van der Waals surface area contributed by atoms with Crippen molar-refractivity contribution < 1.29 is 4.79 Å². The second-order valence-electron chi connectivity index (χ2n) is 3.63. The molecule has 0 aliphatic carbocycles. The Kier molecular flexibility index (Phi) is 4.06. The molecule has 1 heterocycles. The molecule has 1 aromatic carbocycles. The second-order valence-corrected chi connectivity index (χ2v) is 4.75. The maximum absolute atomic E-state index is 11.4. The third-order valence-corrected chi connectivity index (χ3v) is 3.35. The van der Waals surface area contributed by atoms with Crippen LogP contribution in [0, 0.1) is 0 Å². The van der Waals surface area contributed by atoms with E-state index in [0.29, 0.717) is 13.1 Å². The number of para-hydroxylation sites is 1. The van der Waals surface area contributed by atoms with Crippen LogP contribution in [0.1, 0.15) is 11.9 Å². The van der Waals surface area contributed by atoms with E-state index in [2.05, 4.69) is 15.6 Å². The topological polar surface area (TPSA) is 54.0 Å². The Morgan fingerprint density at radius 3 is 3.00 bits per heavy atom. The predicted molar refractivity (Wildman–Crippen MR) is 70.0 cm³/mol. The third-order valence-electron chi connectivity index (χ3n) is 2.31. The molecule has 17 heavy (non-hydrogen) atoms. The second kappa shape index (κ2) is 5.75. The van der Waals surface area contributed by atoms with Crippen LogP contribution in [-0.4, -0.2) is 24.0 Å². The lowest BCUT2D eigenvalue weighted by Crippen LogP contribution is -2.33. The summed E-state index contributed by atoms with van der Waals surface area (Å²) >= 11 is 1.62. The normalized spacial score (nSPS) is 10.6. The number of carbonyl (C=O) groups is 1. The van der Waals surface area contributed by atoms with Gasteiger partial charge in [-0.2, -0.15) is 0 Å². The zero-order chi connectivity index (χ0) is 12.1. The standard InChI is InChI=1S/C12H15N3OS/c1-2-13-7-11(16)14-8-12-15-9-5-3-4-6-10(9)17-12/h3-6,13H,2,7-8H2,1H3,(H,14,16). The van der Waals surface area contributed by atoms with Gasteiger partial charge >= 0.3 is 0 Å². The lowest BCUT2D eigenvalue weighted by atomic mass is 10.3. The third kappa shape index (κ3) is 3.25. The zero-order valence-corrected chi connectivity index (χ0v) is 10.5. The summed E-state index contributed by atoms with van der Waals surface area (Å²) in [6.07, 6.45) is 0. The molecule has 5 heteroatoms. The Hall–Kier alpha value is -1.46. The molecule has 0 saturated carbocycles. The maximum Gasteiger partial charge on any atom is 0.234 e. The van der Waals surface area contributed by atoms with Crippen molar-refractivity contribution in [2.45, 2.75) is 13.5 Å². The summed E-state index contributed by atoms with van der Waals surface area (Å²) in [5.41, 5.74) is 0.994. The molecule has 0 radical (unpaired) electrons. The molecule has 0 spiro atoms. The van der Waals surface area contributed by atoms with Crippen LogP contribution < -0.4 is 10.6 Å². The highest BCUT2D eigenvalue weighted by atomic mass is 32.1. The summed E-state index contributed by atoms with van der Waals surface area (Å²) in [6.45, 7) is 3.64. The van der Waals surface area contributed by atoms with E-state index in [1.807, 2.05) is 31.2 Å². The molecule has 0 bridgehead atoms. The van der Waals surface area contributed by atoms with Crippen LogP contribution >= 0.6 is 11.3 Å². The van der Waals surface area contributed by atoms with Gasteiger partial charge in [-0.25, -0.2) is 4.98 Å². The van der Waals surface area contributed by atoms with Gasteiger partial charge in [0.25, 0.3) is 0 Å². The van der Waals surface area contributed by atoms with Crippen molar-refractivity contribution in [3.05, 3.63) is 29.3 Å². The maximum atomic E-state index is 11.4. The van der Waals surface area contributed by atoms with Gasteiger partial charge in [0.2, 0.25) is 5.91 Å². The van der Waals surface area contributed by atoms with Gasteiger partial charge in [0.15, 0.2) is 0 Å². The first kappa shape index (κ1) is 12.0. The summed E-state index contributed by atoms with van der Waals surface area (Å²) in [7, 11) is 0. The van der Waals surface area contributed by atoms with Gasteiger partial charge in [-0.1, -0.05) is 19.1 Å². The first-order valence-electron chi connectivity index (χ1n) is 5.61. The van der Waals surface area contributed by atoms with Crippen molar-refractivity contribution in [1.29, 1.82) is 0 Å². The number of hydrogen-bond acceptors (Lipinski definition) is 4. The van der Waals surface area contributed by atoms with Crippen molar-refractivity contribution >= 4 is 27.5 Å². The fraction of sp³-hybridized carbons (Fsp3) is 0.333. The largest absolute Gasteiger partial charge is 0.348 e. The Morgan fingerprint density at radius 1 is 1.41 bits per heavy atom. The number of nitrogens with zero attached hydrogens (tertiary/aromatic N) is 1. The van der Waals surface area contributed by atoms with E-state index in [-0.39, 0.29) is 5.91 Å². The number of rotatable bonds is 5. The quantitative estimate of drug-likeness (QED) is 0.845. The average Bonchev–Trinajstić information content (AvgIpc) is 2.76. The number of aromatic nitrogens is 1. The molecule has 0 unspecified atom stereocenters. The first-order valence-corrected chi connectivity index (χ1v) is 6.43. The molecule has 0 fully saturated rings. The molecule has 2 aromatic rings. The van der Waals surface area contributed by atoms with Crippen LogP contribution in [0.3, 0.4) is 0 Å². The van der Waals surface area contributed by atoms with Crippen molar-refractivity contribution in [3.63, 3.8) is 0 Å². The zero-order valence-electron chi connectivity index (χ0n) is 9.69. The molecule has 1 amide bonds. The van der Waals surface area contributed by atoms with E-state index < -0.39 is 0 Å². The summed E-state index contributed by atoms with van der Waals surface area (Å²) in [6, 6.07) is 7.98. The Balaban J connectivity index is 1.92. The molecule has 0 aliphatic rings. The van der Waals surface area contributed by atoms with Gasteiger partial charge in [0.05, 0.1) is 23.3 Å². The lowest BCUT2D eigenvalue weighted by Gasteiger charge is -2.02. The highest BCUT2D eigenvalue weighted by Crippen LogP contribution is 2.21. The molecule has 4 nitrogen and oxygen atoms in total. The number of carbonyl (C=O) groups excluding carboxylic acids is 1. The van der Waals surface area contributed by atoms with Gasteiger partial charge in [0, 0.05) is 0 Å². The molecular weight excluding hydrogens is 234 g/mol. The fourth-order valence-electron chi connectivity index (χ4n) is 1.47. The van der Waals surface area contributed by atoms with E-state index in [0.717, 1.165) is 21.8 Å². The van der Waals surface area contributed by atoms with Gasteiger partial charge in [-0.15, -0.1) is 11.3 Å². The molecule has 0 aliphatic heterocycles. The Morgan fingerprint density at radius 2 is 2.24 bits per heavy atom. The van der Waals surface area contributed by atoms with Crippen LogP contribution in [0.25, 0.3) is 10.2 Å².